The average Bonchev–Trinajstić information content (AvgIpc) is 3.44. The van der Waals surface area contributed by atoms with Gasteiger partial charge in [0.2, 0.25) is 5.89 Å². The number of amides is 2. The van der Waals surface area contributed by atoms with E-state index in [0.29, 0.717) is 12.4 Å². The molecule has 166 valence electrons. The minimum Gasteiger partial charge on any atom is -0.493 e. The number of methoxy groups -OCH3 is 1. The molecule has 1 aliphatic heterocycles. The second-order valence-electron chi connectivity index (χ2n) is 8.41. The lowest BCUT2D eigenvalue weighted by Crippen LogP contribution is -2.41. The Hall–Kier alpha value is -3.48. The molecule has 0 bridgehead atoms. The highest BCUT2D eigenvalue weighted by Crippen LogP contribution is 2.34. The molecular formula is C25H27N3O4. The molecular weight excluding hydrogens is 406 g/mol. The molecule has 1 fully saturated rings. The second kappa shape index (κ2) is 8.57. The van der Waals surface area contributed by atoms with E-state index in [0.717, 1.165) is 52.1 Å². The Morgan fingerprint density at radius 1 is 1.16 bits per heavy atom. The summed E-state index contributed by atoms with van der Waals surface area (Å²) in [6.45, 7) is 2.70. The van der Waals surface area contributed by atoms with E-state index in [9.17, 15) is 4.79 Å². The molecule has 2 aliphatic rings. The molecule has 1 saturated carbocycles. The van der Waals surface area contributed by atoms with E-state index in [2.05, 4.69) is 10.3 Å². The van der Waals surface area contributed by atoms with Crippen LogP contribution in [0.1, 0.15) is 42.7 Å². The molecule has 32 heavy (non-hydrogen) atoms. The van der Waals surface area contributed by atoms with Gasteiger partial charge in [-0.15, -0.1) is 0 Å². The summed E-state index contributed by atoms with van der Waals surface area (Å²) in [5.41, 5.74) is 4.59. The highest BCUT2D eigenvalue weighted by Gasteiger charge is 2.23. The van der Waals surface area contributed by atoms with E-state index in [4.69, 9.17) is 13.9 Å². The van der Waals surface area contributed by atoms with E-state index in [1.165, 1.54) is 12.8 Å². The lowest BCUT2D eigenvalue weighted by molar-refractivity contribution is 0.200. The maximum atomic E-state index is 12.5. The summed E-state index contributed by atoms with van der Waals surface area (Å²) in [5, 5.41) is 2.94. The number of hydrogen-bond acceptors (Lipinski definition) is 5. The maximum absolute atomic E-state index is 12.5. The van der Waals surface area contributed by atoms with Gasteiger partial charge in [0.1, 0.15) is 12.1 Å². The Labute approximate surface area is 187 Å². The van der Waals surface area contributed by atoms with Crippen LogP contribution in [-0.4, -0.2) is 35.7 Å². The second-order valence-corrected chi connectivity index (χ2v) is 8.41. The third kappa shape index (κ3) is 4.15. The van der Waals surface area contributed by atoms with Crippen LogP contribution in [0.3, 0.4) is 0 Å². The van der Waals surface area contributed by atoms with Crippen LogP contribution in [-0.2, 0) is 6.54 Å². The Morgan fingerprint density at radius 3 is 2.81 bits per heavy atom. The fraction of sp³-hybridized carbons (Fsp3) is 0.360. The van der Waals surface area contributed by atoms with Gasteiger partial charge in [-0.2, -0.15) is 0 Å². The molecule has 0 spiro atoms. The van der Waals surface area contributed by atoms with Crippen molar-refractivity contribution >= 4 is 22.7 Å². The number of nitrogens with one attached hydrogen (secondary N) is 1. The van der Waals surface area contributed by atoms with E-state index in [1.54, 1.807) is 12.0 Å². The molecule has 1 aromatic heterocycles. The Bertz CT molecular complexity index is 1180. The van der Waals surface area contributed by atoms with Crippen molar-refractivity contribution < 1.29 is 18.7 Å². The third-order valence-electron chi connectivity index (χ3n) is 6.03. The Balaban J connectivity index is 1.40. The quantitative estimate of drug-likeness (QED) is 0.590. The zero-order valence-electron chi connectivity index (χ0n) is 18.4. The van der Waals surface area contributed by atoms with Gasteiger partial charge in [0.25, 0.3) is 0 Å². The van der Waals surface area contributed by atoms with E-state index < -0.39 is 0 Å². The molecule has 0 radical (unpaired) electrons. The van der Waals surface area contributed by atoms with Gasteiger partial charge in [-0.05, 0) is 73.6 Å². The number of rotatable bonds is 6. The topological polar surface area (TPSA) is 76.8 Å². The Morgan fingerprint density at radius 2 is 2.00 bits per heavy atom. The van der Waals surface area contributed by atoms with Crippen molar-refractivity contribution in [2.45, 2.75) is 45.3 Å². The minimum absolute atomic E-state index is 0.178. The molecule has 7 nitrogen and oxygen atoms in total. The molecule has 1 N–H and O–H groups in total. The largest absolute Gasteiger partial charge is 0.493 e. The molecule has 7 heteroatoms. The number of aromatic nitrogens is 1. The standard InChI is InChI=1S/C25H27N3O4/c1-16-7-9-20-22(11-16)32-24(27-20)15-28-14-18(13-26-25(28)29)17-8-10-21(30-2)23(12-17)31-19-5-3-4-6-19/h7-12,14,19H,3-6,13,15H2,1-2H3,(H,26,29). The van der Waals surface area contributed by atoms with Crippen LogP contribution >= 0.6 is 0 Å². The zero-order chi connectivity index (χ0) is 22.1. The molecule has 3 aromatic rings. The minimum atomic E-state index is -0.178. The first kappa shape index (κ1) is 20.4. The number of fused-ring (bicyclic) bond motifs is 1. The molecule has 2 amide bonds. The molecule has 0 unspecified atom stereocenters. The fourth-order valence-corrected chi connectivity index (χ4v) is 4.31. The van der Waals surface area contributed by atoms with Crippen molar-refractivity contribution in [3.63, 3.8) is 0 Å². The lowest BCUT2D eigenvalue weighted by atomic mass is 10.0. The van der Waals surface area contributed by atoms with Gasteiger partial charge in [-0.25, -0.2) is 9.78 Å². The highest BCUT2D eigenvalue weighted by molar-refractivity contribution is 5.84. The number of carbonyl (C=O) groups is 1. The Kier molecular flexibility index (Phi) is 5.47. The van der Waals surface area contributed by atoms with Crippen LogP contribution in [0.25, 0.3) is 16.7 Å². The van der Waals surface area contributed by atoms with Crippen LogP contribution in [0.2, 0.25) is 0 Å². The number of urea groups is 1. The van der Waals surface area contributed by atoms with Crippen molar-refractivity contribution in [2.75, 3.05) is 13.7 Å². The smallest absolute Gasteiger partial charge is 0.322 e. The summed E-state index contributed by atoms with van der Waals surface area (Å²) in [6.07, 6.45) is 6.65. The lowest BCUT2D eigenvalue weighted by Gasteiger charge is -2.25. The predicted molar refractivity (Wildman–Crippen MR) is 122 cm³/mol. The molecule has 2 heterocycles. The van der Waals surface area contributed by atoms with Crippen molar-refractivity contribution in [2.24, 2.45) is 0 Å². The van der Waals surface area contributed by atoms with Crippen LogP contribution in [0.15, 0.2) is 47.0 Å². The van der Waals surface area contributed by atoms with Crippen molar-refractivity contribution in [1.82, 2.24) is 15.2 Å². The summed E-state index contributed by atoms with van der Waals surface area (Å²) in [4.78, 5) is 18.6. The number of ether oxygens (including phenoxy) is 2. The van der Waals surface area contributed by atoms with E-state index >= 15 is 0 Å². The zero-order valence-corrected chi connectivity index (χ0v) is 18.4. The highest BCUT2D eigenvalue weighted by atomic mass is 16.5. The van der Waals surface area contributed by atoms with Gasteiger partial charge in [0.15, 0.2) is 17.1 Å². The number of aryl methyl sites for hydroxylation is 1. The fourth-order valence-electron chi connectivity index (χ4n) is 4.31. The van der Waals surface area contributed by atoms with Gasteiger partial charge in [0.05, 0.1) is 13.2 Å². The average molecular weight is 434 g/mol. The van der Waals surface area contributed by atoms with Crippen LogP contribution in [0.4, 0.5) is 4.79 Å². The van der Waals surface area contributed by atoms with Gasteiger partial charge >= 0.3 is 6.03 Å². The number of carbonyl (C=O) groups excluding carboxylic acids is 1. The van der Waals surface area contributed by atoms with Crippen LogP contribution < -0.4 is 14.8 Å². The SMILES string of the molecule is COc1ccc(C2=CN(Cc3nc4ccc(C)cc4o3)C(=O)NC2)cc1OC1CCCC1. The molecule has 2 aromatic carbocycles. The molecule has 0 saturated heterocycles. The summed E-state index contributed by atoms with van der Waals surface area (Å²) in [5.74, 6) is 1.97. The maximum Gasteiger partial charge on any atom is 0.322 e. The molecule has 5 rings (SSSR count). The van der Waals surface area contributed by atoms with Gasteiger partial charge in [-0.3, -0.25) is 4.90 Å². The first-order valence-electron chi connectivity index (χ1n) is 11.1. The number of oxazole rings is 1. The van der Waals surface area contributed by atoms with Gasteiger partial charge in [-0.1, -0.05) is 12.1 Å². The van der Waals surface area contributed by atoms with Crippen molar-refractivity contribution in [3.05, 3.63) is 59.6 Å². The van der Waals surface area contributed by atoms with E-state index in [1.807, 2.05) is 49.5 Å². The van der Waals surface area contributed by atoms with Crippen molar-refractivity contribution in [1.29, 1.82) is 0 Å². The molecule has 0 atom stereocenters. The van der Waals surface area contributed by atoms with Crippen LogP contribution in [0.5, 0.6) is 11.5 Å². The summed E-state index contributed by atoms with van der Waals surface area (Å²) >= 11 is 0. The van der Waals surface area contributed by atoms with Crippen molar-refractivity contribution in [3.8, 4) is 11.5 Å². The summed E-state index contributed by atoms with van der Waals surface area (Å²) < 4.78 is 17.6. The predicted octanol–water partition coefficient (Wildman–Crippen LogP) is 5.03. The number of benzene rings is 2. The number of hydrogen-bond donors (Lipinski definition) is 1. The monoisotopic (exact) mass is 433 g/mol. The number of nitrogens with zero attached hydrogens (tertiary/aromatic N) is 2. The van der Waals surface area contributed by atoms with Crippen LogP contribution in [0, 0.1) is 6.92 Å². The first-order chi connectivity index (χ1) is 15.6. The first-order valence-corrected chi connectivity index (χ1v) is 11.1. The van der Waals surface area contributed by atoms with Gasteiger partial charge < -0.3 is 19.2 Å². The summed E-state index contributed by atoms with van der Waals surface area (Å²) in [6, 6.07) is 11.6. The van der Waals surface area contributed by atoms with Gasteiger partial charge in [0, 0.05) is 12.7 Å². The van der Waals surface area contributed by atoms with E-state index in [-0.39, 0.29) is 18.7 Å². The molecule has 1 aliphatic carbocycles. The summed E-state index contributed by atoms with van der Waals surface area (Å²) in [7, 11) is 1.65. The third-order valence-corrected chi connectivity index (χ3v) is 6.03. The normalized spacial score (nSPS) is 16.9.